The third-order valence-corrected chi connectivity index (χ3v) is 5.06. The van der Waals surface area contributed by atoms with E-state index in [9.17, 15) is 4.79 Å². The molecule has 0 saturated carbocycles. The van der Waals surface area contributed by atoms with Crippen molar-refractivity contribution in [3.8, 4) is 5.75 Å². The molecule has 0 N–H and O–H groups in total. The average Bonchev–Trinajstić information content (AvgIpc) is 3.31. The van der Waals surface area contributed by atoms with Gasteiger partial charge in [-0.3, -0.25) is 0 Å². The van der Waals surface area contributed by atoms with Gasteiger partial charge in [0.15, 0.2) is 0 Å². The second-order valence-electron chi connectivity index (χ2n) is 4.98. The van der Waals surface area contributed by atoms with Crippen molar-refractivity contribution in [1.29, 1.82) is 0 Å². The van der Waals surface area contributed by atoms with Crippen LogP contribution in [0.2, 0.25) is 0 Å². The van der Waals surface area contributed by atoms with Crippen molar-refractivity contribution in [2.75, 3.05) is 7.11 Å². The minimum Gasteiger partial charge on any atom is -0.497 e. The number of carbonyl (C=O) groups is 1. The normalized spacial score (nSPS) is 11.3. The Balaban J connectivity index is 1.77. The second kappa shape index (κ2) is 7.95. The van der Waals surface area contributed by atoms with Gasteiger partial charge in [-0.05, 0) is 46.7 Å². The number of ether oxygens (including phenoxy) is 2. The number of rotatable bonds is 6. The van der Waals surface area contributed by atoms with Crippen LogP contribution in [0.25, 0.3) is 11.6 Å². The molecule has 0 radical (unpaired) electrons. The van der Waals surface area contributed by atoms with Crippen molar-refractivity contribution in [2.24, 2.45) is 0 Å². The molecule has 0 spiro atoms. The summed E-state index contributed by atoms with van der Waals surface area (Å²) in [6, 6.07) is 15.3. The number of esters is 1. The van der Waals surface area contributed by atoms with Crippen molar-refractivity contribution >= 4 is 40.3 Å². The topological polar surface area (TPSA) is 35.5 Å². The van der Waals surface area contributed by atoms with Crippen molar-refractivity contribution in [1.82, 2.24) is 0 Å². The number of benzene rings is 1. The molecule has 2 heterocycles. The van der Waals surface area contributed by atoms with Crippen LogP contribution in [0.3, 0.4) is 0 Å². The van der Waals surface area contributed by atoms with Crippen LogP contribution in [-0.2, 0) is 16.1 Å². The molecule has 0 aliphatic rings. The molecule has 122 valence electrons. The molecule has 3 rings (SSSR count). The molecule has 5 heteroatoms. The third-order valence-electron chi connectivity index (χ3n) is 3.34. The lowest BCUT2D eigenvalue weighted by Crippen LogP contribution is -2.06. The van der Waals surface area contributed by atoms with Gasteiger partial charge in [-0.2, -0.15) is 0 Å². The first-order chi connectivity index (χ1) is 11.8. The molecular weight excluding hydrogens is 340 g/mol. The molecule has 3 aromatic rings. The molecule has 0 saturated heterocycles. The first kappa shape index (κ1) is 16.5. The van der Waals surface area contributed by atoms with Crippen LogP contribution in [0.1, 0.15) is 15.3 Å². The zero-order chi connectivity index (χ0) is 16.8. The molecule has 0 amide bonds. The number of hydrogen-bond acceptors (Lipinski definition) is 5. The van der Waals surface area contributed by atoms with E-state index < -0.39 is 0 Å². The van der Waals surface area contributed by atoms with Gasteiger partial charge in [0.05, 0.1) is 12.7 Å². The van der Waals surface area contributed by atoms with Gasteiger partial charge in [0, 0.05) is 9.75 Å². The zero-order valence-corrected chi connectivity index (χ0v) is 14.7. The summed E-state index contributed by atoms with van der Waals surface area (Å²) in [5.41, 5.74) is 1.47. The summed E-state index contributed by atoms with van der Waals surface area (Å²) in [6.07, 6.45) is 1.88. The van der Waals surface area contributed by atoms with Crippen molar-refractivity contribution in [3.63, 3.8) is 0 Å². The Morgan fingerprint density at radius 1 is 1.08 bits per heavy atom. The van der Waals surface area contributed by atoms with Crippen molar-refractivity contribution in [3.05, 3.63) is 74.6 Å². The van der Waals surface area contributed by atoms with Gasteiger partial charge in [-0.15, -0.1) is 22.7 Å². The van der Waals surface area contributed by atoms with E-state index >= 15 is 0 Å². The minimum atomic E-state index is -0.325. The van der Waals surface area contributed by atoms with E-state index in [-0.39, 0.29) is 12.6 Å². The number of hydrogen-bond donors (Lipinski definition) is 0. The lowest BCUT2D eigenvalue weighted by Gasteiger charge is -2.08. The van der Waals surface area contributed by atoms with E-state index in [1.807, 2.05) is 65.4 Å². The molecule has 0 aliphatic carbocycles. The molecule has 0 aliphatic heterocycles. The van der Waals surface area contributed by atoms with Crippen LogP contribution in [0.15, 0.2) is 59.3 Å². The van der Waals surface area contributed by atoms with E-state index in [4.69, 9.17) is 9.47 Å². The molecule has 0 bridgehead atoms. The predicted octanol–water partition coefficient (Wildman–Crippen LogP) is 5.10. The standard InChI is InChI=1S/C19H16O3S2/c1-21-15-6-2-5-14(11-15)13-22-19(20)17(18-8-4-10-24-18)12-16-7-3-9-23-16/h2-12H,13H2,1H3/b17-12+. The summed E-state index contributed by atoms with van der Waals surface area (Å²) < 4.78 is 10.7. The fourth-order valence-corrected chi connectivity index (χ4v) is 3.55. The first-order valence-corrected chi connectivity index (χ1v) is 9.11. The number of carbonyl (C=O) groups excluding carboxylic acids is 1. The molecule has 1 aromatic carbocycles. The highest BCUT2D eigenvalue weighted by Crippen LogP contribution is 2.26. The summed E-state index contributed by atoms with van der Waals surface area (Å²) in [5.74, 6) is 0.421. The Bertz CT molecular complexity index is 818. The quantitative estimate of drug-likeness (QED) is 0.455. The van der Waals surface area contributed by atoms with Crippen LogP contribution in [0.5, 0.6) is 5.75 Å². The summed E-state index contributed by atoms with van der Waals surface area (Å²) in [6.45, 7) is 0.211. The average molecular weight is 356 g/mol. The highest BCUT2D eigenvalue weighted by atomic mass is 32.1. The Labute approximate surface area is 148 Å². The maximum absolute atomic E-state index is 12.6. The highest BCUT2D eigenvalue weighted by Gasteiger charge is 2.15. The van der Waals surface area contributed by atoms with Gasteiger partial charge in [0.1, 0.15) is 12.4 Å². The Hall–Kier alpha value is -2.37. The molecule has 0 unspecified atom stereocenters. The Morgan fingerprint density at radius 2 is 1.92 bits per heavy atom. The zero-order valence-electron chi connectivity index (χ0n) is 13.1. The monoisotopic (exact) mass is 356 g/mol. The van der Waals surface area contributed by atoms with Crippen LogP contribution in [0, 0.1) is 0 Å². The third kappa shape index (κ3) is 4.13. The van der Waals surface area contributed by atoms with Crippen LogP contribution >= 0.6 is 22.7 Å². The molecule has 0 fully saturated rings. The Kier molecular flexibility index (Phi) is 5.46. The number of thiophene rings is 2. The van der Waals surface area contributed by atoms with Crippen LogP contribution in [0.4, 0.5) is 0 Å². The fourth-order valence-electron chi connectivity index (χ4n) is 2.17. The lowest BCUT2D eigenvalue weighted by atomic mass is 10.2. The second-order valence-corrected chi connectivity index (χ2v) is 6.91. The summed E-state index contributed by atoms with van der Waals surface area (Å²) in [4.78, 5) is 14.5. The largest absolute Gasteiger partial charge is 0.497 e. The van der Waals surface area contributed by atoms with Crippen LogP contribution in [-0.4, -0.2) is 13.1 Å². The first-order valence-electron chi connectivity index (χ1n) is 7.35. The van der Waals surface area contributed by atoms with Gasteiger partial charge < -0.3 is 9.47 Å². The van der Waals surface area contributed by atoms with Gasteiger partial charge >= 0.3 is 5.97 Å². The van der Waals surface area contributed by atoms with Gasteiger partial charge in [-0.1, -0.05) is 24.3 Å². The van der Waals surface area contributed by atoms with Gasteiger partial charge in [-0.25, -0.2) is 4.79 Å². The lowest BCUT2D eigenvalue weighted by molar-refractivity contribution is -0.137. The van der Waals surface area contributed by atoms with E-state index in [1.165, 1.54) is 11.3 Å². The summed E-state index contributed by atoms with van der Waals surface area (Å²) in [5, 5.41) is 3.94. The predicted molar refractivity (Wildman–Crippen MR) is 99.3 cm³/mol. The number of methoxy groups -OCH3 is 1. The minimum absolute atomic E-state index is 0.211. The van der Waals surface area contributed by atoms with E-state index in [0.717, 1.165) is 21.1 Å². The van der Waals surface area contributed by atoms with Crippen LogP contribution < -0.4 is 4.74 Å². The summed E-state index contributed by atoms with van der Waals surface area (Å²) in [7, 11) is 1.61. The molecule has 24 heavy (non-hydrogen) atoms. The van der Waals surface area contributed by atoms with E-state index in [1.54, 1.807) is 18.4 Å². The molecular formula is C19H16O3S2. The van der Waals surface area contributed by atoms with Gasteiger partial charge in [0.2, 0.25) is 0 Å². The van der Waals surface area contributed by atoms with Crippen molar-refractivity contribution in [2.45, 2.75) is 6.61 Å². The fraction of sp³-hybridized carbons (Fsp3) is 0.105. The maximum Gasteiger partial charge on any atom is 0.339 e. The smallest absolute Gasteiger partial charge is 0.339 e. The molecule has 3 nitrogen and oxygen atoms in total. The van der Waals surface area contributed by atoms with E-state index in [0.29, 0.717) is 5.57 Å². The summed E-state index contributed by atoms with van der Waals surface area (Å²) >= 11 is 3.11. The Morgan fingerprint density at radius 3 is 2.62 bits per heavy atom. The van der Waals surface area contributed by atoms with Crippen molar-refractivity contribution < 1.29 is 14.3 Å². The maximum atomic E-state index is 12.6. The van der Waals surface area contributed by atoms with E-state index in [2.05, 4.69) is 0 Å². The molecule has 0 atom stereocenters. The highest BCUT2D eigenvalue weighted by molar-refractivity contribution is 7.12. The van der Waals surface area contributed by atoms with Gasteiger partial charge in [0.25, 0.3) is 0 Å². The SMILES string of the molecule is COc1cccc(COC(=O)/C(=C/c2cccs2)c2cccs2)c1. The molecule has 2 aromatic heterocycles.